The summed E-state index contributed by atoms with van der Waals surface area (Å²) in [7, 11) is 0. The van der Waals surface area contributed by atoms with Gasteiger partial charge in [-0.05, 0) is 78.6 Å². The Morgan fingerprint density at radius 1 is 1.06 bits per heavy atom. The van der Waals surface area contributed by atoms with Crippen molar-refractivity contribution in [3.8, 4) is 5.75 Å². The predicted molar refractivity (Wildman–Crippen MR) is 133 cm³/mol. The second-order valence-electron chi connectivity index (χ2n) is 8.51. The Labute approximate surface area is 194 Å². The molecule has 4 rings (SSSR count). The number of rotatable bonds is 7. The van der Waals surface area contributed by atoms with Crippen molar-refractivity contribution in [1.29, 1.82) is 0 Å². The summed E-state index contributed by atoms with van der Waals surface area (Å²) in [5.74, 6) is 3.84. The van der Waals surface area contributed by atoms with Gasteiger partial charge in [-0.3, -0.25) is 9.69 Å². The van der Waals surface area contributed by atoms with Crippen molar-refractivity contribution < 1.29 is 9.53 Å². The Kier molecular flexibility index (Phi) is 8.22. The number of hydrogen-bond acceptors (Lipinski definition) is 5. The summed E-state index contributed by atoms with van der Waals surface area (Å²) in [6.45, 7) is 5.68. The van der Waals surface area contributed by atoms with Gasteiger partial charge in [0.25, 0.3) is 5.91 Å². The average molecular weight is 457 g/mol. The van der Waals surface area contributed by atoms with E-state index in [0.717, 1.165) is 23.9 Å². The molecular weight excluding hydrogens is 424 g/mol. The molecule has 1 atom stereocenters. The van der Waals surface area contributed by atoms with Gasteiger partial charge in [-0.25, -0.2) is 0 Å². The Bertz CT molecular complexity index is 836. The molecule has 0 aromatic heterocycles. The minimum absolute atomic E-state index is 0.0136. The number of ether oxygens (including phenoxy) is 1. The van der Waals surface area contributed by atoms with Crippen LogP contribution < -0.4 is 10.1 Å². The third-order valence-electron chi connectivity index (χ3n) is 5.73. The van der Waals surface area contributed by atoms with Crippen molar-refractivity contribution in [2.45, 2.75) is 37.3 Å². The molecule has 0 radical (unpaired) electrons. The van der Waals surface area contributed by atoms with Gasteiger partial charge < -0.3 is 10.1 Å². The SMILES string of the molecule is CC1CCCN(Cc2ccc(NC(=O)COc3ccc(C4SCCCS4)cc3)cc2)C1. The van der Waals surface area contributed by atoms with Crippen LogP contribution in [0, 0.1) is 5.92 Å². The monoisotopic (exact) mass is 456 g/mol. The van der Waals surface area contributed by atoms with E-state index in [1.807, 2.05) is 47.8 Å². The first-order valence-electron chi connectivity index (χ1n) is 11.2. The van der Waals surface area contributed by atoms with Gasteiger partial charge in [0.1, 0.15) is 5.75 Å². The Balaban J connectivity index is 1.21. The van der Waals surface area contributed by atoms with E-state index in [9.17, 15) is 4.79 Å². The average Bonchev–Trinajstić information content (AvgIpc) is 2.80. The van der Waals surface area contributed by atoms with E-state index in [-0.39, 0.29) is 12.5 Å². The first kappa shape index (κ1) is 22.6. The Morgan fingerprint density at radius 3 is 2.52 bits per heavy atom. The van der Waals surface area contributed by atoms with Crippen LogP contribution in [0.1, 0.15) is 41.9 Å². The standard InChI is InChI=1S/C25H32N2O2S2/c1-19-4-2-13-27(16-19)17-20-5-9-22(10-6-20)26-24(28)18-29-23-11-7-21(8-12-23)25-30-14-3-15-31-25/h5-12,19,25H,2-4,13-18H2,1H3,(H,26,28). The number of nitrogens with one attached hydrogen (secondary N) is 1. The first-order valence-corrected chi connectivity index (χ1v) is 13.3. The fourth-order valence-corrected chi connectivity index (χ4v) is 7.02. The van der Waals surface area contributed by atoms with Crippen molar-refractivity contribution in [2.24, 2.45) is 5.92 Å². The van der Waals surface area contributed by atoms with E-state index >= 15 is 0 Å². The number of thioether (sulfide) groups is 2. The number of benzene rings is 2. The van der Waals surface area contributed by atoms with Crippen LogP contribution in [-0.2, 0) is 11.3 Å². The van der Waals surface area contributed by atoms with Crippen molar-refractivity contribution >= 4 is 35.1 Å². The summed E-state index contributed by atoms with van der Waals surface area (Å²) >= 11 is 4.02. The summed E-state index contributed by atoms with van der Waals surface area (Å²) in [6.07, 6.45) is 3.92. The quantitative estimate of drug-likeness (QED) is 0.570. The van der Waals surface area contributed by atoms with Gasteiger partial charge >= 0.3 is 0 Å². The van der Waals surface area contributed by atoms with Gasteiger partial charge in [0.05, 0.1) is 4.58 Å². The van der Waals surface area contributed by atoms with E-state index < -0.39 is 0 Å². The molecule has 2 heterocycles. The zero-order chi connectivity index (χ0) is 21.5. The van der Waals surface area contributed by atoms with Gasteiger partial charge in [-0.15, -0.1) is 23.5 Å². The maximum atomic E-state index is 12.3. The van der Waals surface area contributed by atoms with E-state index in [2.05, 4.69) is 41.4 Å². The lowest BCUT2D eigenvalue weighted by atomic mass is 10.00. The topological polar surface area (TPSA) is 41.6 Å². The van der Waals surface area contributed by atoms with Crippen molar-refractivity contribution in [3.63, 3.8) is 0 Å². The fourth-order valence-electron chi connectivity index (χ4n) is 4.13. The van der Waals surface area contributed by atoms with Crippen LogP contribution in [0.15, 0.2) is 48.5 Å². The largest absolute Gasteiger partial charge is 0.484 e. The third-order valence-corrected chi connectivity index (χ3v) is 8.75. The van der Waals surface area contributed by atoms with Crippen LogP contribution in [0.4, 0.5) is 5.69 Å². The molecule has 2 aliphatic heterocycles. The molecule has 2 saturated heterocycles. The molecule has 2 aromatic carbocycles. The van der Waals surface area contributed by atoms with Crippen LogP contribution in [0.3, 0.4) is 0 Å². The Morgan fingerprint density at radius 2 is 1.81 bits per heavy atom. The third kappa shape index (κ3) is 6.93. The molecule has 2 aliphatic rings. The molecule has 6 heteroatoms. The highest BCUT2D eigenvalue weighted by Gasteiger charge is 2.17. The molecule has 0 saturated carbocycles. The number of hydrogen-bond donors (Lipinski definition) is 1. The lowest BCUT2D eigenvalue weighted by Crippen LogP contribution is -2.33. The molecule has 0 spiro atoms. The zero-order valence-electron chi connectivity index (χ0n) is 18.2. The molecule has 4 nitrogen and oxygen atoms in total. The minimum atomic E-state index is -0.139. The molecule has 2 fully saturated rings. The molecule has 1 amide bonds. The number of amides is 1. The van der Waals surface area contributed by atoms with Crippen molar-refractivity contribution in [1.82, 2.24) is 4.90 Å². The van der Waals surface area contributed by atoms with Gasteiger partial charge in [0.15, 0.2) is 6.61 Å². The van der Waals surface area contributed by atoms with E-state index in [1.54, 1.807) is 0 Å². The second kappa shape index (κ2) is 11.3. The van der Waals surface area contributed by atoms with Gasteiger partial charge in [0.2, 0.25) is 0 Å². The molecule has 31 heavy (non-hydrogen) atoms. The maximum absolute atomic E-state index is 12.3. The van der Waals surface area contributed by atoms with Crippen molar-refractivity contribution in [3.05, 3.63) is 59.7 Å². The minimum Gasteiger partial charge on any atom is -0.484 e. The summed E-state index contributed by atoms with van der Waals surface area (Å²) in [5.41, 5.74) is 3.43. The van der Waals surface area contributed by atoms with E-state index in [4.69, 9.17) is 4.74 Å². The molecule has 2 aromatic rings. The smallest absolute Gasteiger partial charge is 0.262 e. The number of carbonyl (C=O) groups is 1. The Hall–Kier alpha value is -1.63. The van der Waals surface area contributed by atoms with Crippen LogP contribution in [-0.4, -0.2) is 42.0 Å². The van der Waals surface area contributed by atoms with Gasteiger partial charge in [-0.2, -0.15) is 0 Å². The highest BCUT2D eigenvalue weighted by Crippen LogP contribution is 2.43. The zero-order valence-corrected chi connectivity index (χ0v) is 19.9. The number of nitrogens with zero attached hydrogens (tertiary/aromatic N) is 1. The highest BCUT2D eigenvalue weighted by molar-refractivity contribution is 8.16. The lowest BCUT2D eigenvalue weighted by molar-refractivity contribution is -0.118. The second-order valence-corrected chi connectivity index (χ2v) is 11.2. The molecule has 1 N–H and O–H groups in total. The van der Waals surface area contributed by atoms with Crippen LogP contribution in [0.2, 0.25) is 0 Å². The van der Waals surface area contributed by atoms with Gasteiger partial charge in [-0.1, -0.05) is 31.2 Å². The molecule has 0 aliphatic carbocycles. The number of anilines is 1. The summed E-state index contributed by atoms with van der Waals surface area (Å²) in [5, 5.41) is 2.93. The predicted octanol–water partition coefficient (Wildman–Crippen LogP) is 5.80. The van der Waals surface area contributed by atoms with E-state index in [1.165, 1.54) is 55.0 Å². The number of carbonyl (C=O) groups excluding carboxylic acids is 1. The summed E-state index contributed by atoms with van der Waals surface area (Å²) in [4.78, 5) is 14.8. The molecule has 166 valence electrons. The highest BCUT2D eigenvalue weighted by atomic mass is 32.2. The summed E-state index contributed by atoms with van der Waals surface area (Å²) in [6, 6.07) is 16.3. The fraction of sp³-hybridized carbons (Fsp3) is 0.480. The maximum Gasteiger partial charge on any atom is 0.262 e. The van der Waals surface area contributed by atoms with Crippen molar-refractivity contribution in [2.75, 3.05) is 36.5 Å². The van der Waals surface area contributed by atoms with Gasteiger partial charge in [0, 0.05) is 18.8 Å². The number of piperidine rings is 1. The van der Waals surface area contributed by atoms with Crippen LogP contribution >= 0.6 is 23.5 Å². The summed E-state index contributed by atoms with van der Waals surface area (Å²) < 4.78 is 6.21. The van der Waals surface area contributed by atoms with Crippen LogP contribution in [0.5, 0.6) is 5.75 Å². The lowest BCUT2D eigenvalue weighted by Gasteiger charge is -2.30. The van der Waals surface area contributed by atoms with E-state index in [0.29, 0.717) is 4.58 Å². The normalized spacial score (nSPS) is 20.4. The van der Waals surface area contributed by atoms with Crippen LogP contribution in [0.25, 0.3) is 0 Å². The molecule has 0 bridgehead atoms. The molecule has 1 unspecified atom stereocenters. The first-order chi connectivity index (χ1) is 15.2. The molecular formula is C25H32N2O2S2. The number of likely N-dealkylation sites (tertiary alicyclic amines) is 1.